The fourth-order valence-corrected chi connectivity index (χ4v) is 4.19. The van der Waals surface area contributed by atoms with Crippen molar-refractivity contribution in [3.8, 4) is 0 Å². The number of nitrogens with one attached hydrogen (secondary N) is 1. The maximum absolute atomic E-state index is 12.7. The Hall–Kier alpha value is -2.79. The molecule has 0 spiro atoms. The van der Waals surface area contributed by atoms with Crippen molar-refractivity contribution in [2.45, 2.75) is 32.2 Å². The van der Waals surface area contributed by atoms with Gasteiger partial charge in [-0.05, 0) is 24.6 Å². The second-order valence-electron chi connectivity index (χ2n) is 5.72. The molecule has 2 N–H and O–H groups in total. The zero-order valence-electron chi connectivity index (χ0n) is 15.2. The number of hydrogen-bond acceptors (Lipinski definition) is 6. The molecule has 1 aromatic heterocycles. The number of rotatable bonds is 8. The van der Waals surface area contributed by atoms with Crippen LogP contribution in [0.15, 0.2) is 29.3 Å². The van der Waals surface area contributed by atoms with Gasteiger partial charge in [0.2, 0.25) is 15.9 Å². The highest BCUT2D eigenvalue weighted by molar-refractivity contribution is 7.89. The van der Waals surface area contributed by atoms with Crippen molar-refractivity contribution in [2.24, 2.45) is 0 Å². The topological polar surface area (TPSA) is 134 Å². The molecule has 2 rings (SSSR count). The van der Waals surface area contributed by atoms with Gasteiger partial charge in [0.1, 0.15) is 6.54 Å². The van der Waals surface area contributed by atoms with E-state index in [4.69, 9.17) is 5.11 Å². The first kappa shape index (κ1) is 20.5. The predicted octanol–water partition coefficient (Wildman–Crippen LogP) is 0.954. The summed E-state index contributed by atoms with van der Waals surface area (Å²) in [7, 11) is -3.67. The number of carboxylic acids is 1. The molecule has 0 radical (unpaired) electrons. The molecular weight excluding hydrogens is 374 g/mol. The lowest BCUT2D eigenvalue weighted by Gasteiger charge is -2.20. The van der Waals surface area contributed by atoms with Crippen molar-refractivity contribution in [2.75, 3.05) is 18.4 Å². The number of carbonyl (C=O) groups excluding carboxylic acids is 1. The van der Waals surface area contributed by atoms with Gasteiger partial charge in [-0.2, -0.15) is 4.31 Å². The molecule has 1 aromatic carbocycles. The zero-order valence-corrected chi connectivity index (χ0v) is 16.0. The molecule has 0 aliphatic rings. The van der Waals surface area contributed by atoms with Crippen molar-refractivity contribution in [1.29, 1.82) is 0 Å². The largest absolute Gasteiger partial charge is 0.476 e. The van der Waals surface area contributed by atoms with Gasteiger partial charge in [0.25, 0.3) is 0 Å². The van der Waals surface area contributed by atoms with E-state index in [9.17, 15) is 18.0 Å². The van der Waals surface area contributed by atoms with Gasteiger partial charge in [0, 0.05) is 18.8 Å². The third-order valence-electron chi connectivity index (χ3n) is 3.86. The lowest BCUT2D eigenvalue weighted by atomic mass is 10.2. The SMILES string of the molecule is CCN(CC)S(=O)(=O)c1cc(NC(=O)Cn2cc(C(=O)O)nn2)ccc1C. The minimum atomic E-state index is -3.67. The maximum atomic E-state index is 12.7. The Bertz CT molecular complexity index is 950. The van der Waals surface area contributed by atoms with Crippen molar-refractivity contribution in [3.63, 3.8) is 0 Å². The first-order chi connectivity index (χ1) is 12.7. The molecule has 2 aromatic rings. The van der Waals surface area contributed by atoms with Crippen LogP contribution in [0.5, 0.6) is 0 Å². The van der Waals surface area contributed by atoms with Crippen LogP contribution in [0.4, 0.5) is 5.69 Å². The van der Waals surface area contributed by atoms with E-state index >= 15 is 0 Å². The Kier molecular flexibility index (Phi) is 6.28. The molecule has 146 valence electrons. The molecule has 0 aliphatic carbocycles. The van der Waals surface area contributed by atoms with Crippen LogP contribution in [0.3, 0.4) is 0 Å². The summed E-state index contributed by atoms with van der Waals surface area (Å²) in [6, 6.07) is 4.62. The number of carboxylic acid groups (broad SMARTS) is 1. The molecule has 0 unspecified atom stereocenters. The molecule has 0 atom stereocenters. The Balaban J connectivity index is 2.19. The van der Waals surface area contributed by atoms with Gasteiger partial charge in [-0.25, -0.2) is 17.9 Å². The molecule has 0 saturated carbocycles. The van der Waals surface area contributed by atoms with Gasteiger partial charge < -0.3 is 10.4 Å². The fourth-order valence-electron chi connectivity index (χ4n) is 2.48. The summed E-state index contributed by atoms with van der Waals surface area (Å²) in [6.45, 7) is 5.62. The van der Waals surface area contributed by atoms with Gasteiger partial charge in [-0.3, -0.25) is 4.79 Å². The maximum Gasteiger partial charge on any atom is 0.358 e. The minimum Gasteiger partial charge on any atom is -0.476 e. The van der Waals surface area contributed by atoms with Gasteiger partial charge in [-0.1, -0.05) is 25.1 Å². The molecule has 0 fully saturated rings. The first-order valence-corrected chi connectivity index (χ1v) is 9.67. The average molecular weight is 395 g/mol. The van der Waals surface area contributed by atoms with E-state index in [0.29, 0.717) is 24.3 Å². The van der Waals surface area contributed by atoms with Crippen LogP contribution >= 0.6 is 0 Å². The van der Waals surface area contributed by atoms with E-state index < -0.39 is 21.9 Å². The lowest BCUT2D eigenvalue weighted by molar-refractivity contribution is -0.116. The molecular formula is C16H21N5O5S. The molecule has 0 bridgehead atoms. The monoisotopic (exact) mass is 395 g/mol. The molecule has 1 amide bonds. The average Bonchev–Trinajstić information content (AvgIpc) is 3.06. The smallest absolute Gasteiger partial charge is 0.358 e. The van der Waals surface area contributed by atoms with Crippen molar-refractivity contribution < 1.29 is 23.1 Å². The van der Waals surface area contributed by atoms with Crippen LogP contribution in [-0.4, -0.2) is 57.8 Å². The lowest BCUT2D eigenvalue weighted by Crippen LogP contribution is -2.31. The van der Waals surface area contributed by atoms with E-state index in [1.807, 2.05) is 0 Å². The second-order valence-corrected chi connectivity index (χ2v) is 7.63. The van der Waals surface area contributed by atoms with E-state index in [-0.39, 0.29) is 17.1 Å². The third-order valence-corrected chi connectivity index (χ3v) is 6.05. The van der Waals surface area contributed by atoms with Crippen LogP contribution in [0.2, 0.25) is 0 Å². The third kappa shape index (κ3) is 4.68. The van der Waals surface area contributed by atoms with Gasteiger partial charge in [-0.15, -0.1) is 5.10 Å². The Morgan fingerprint density at radius 2 is 1.93 bits per heavy atom. The molecule has 11 heteroatoms. The highest BCUT2D eigenvalue weighted by Gasteiger charge is 2.24. The van der Waals surface area contributed by atoms with E-state index in [1.54, 1.807) is 32.9 Å². The standard InChI is InChI=1S/C16H21N5O5S/c1-4-21(5-2)27(25,26)14-8-12(7-6-11(14)3)17-15(22)10-20-9-13(16(23)24)18-19-20/h6-9H,4-5,10H2,1-3H3,(H,17,22)(H,23,24). The van der Waals surface area contributed by atoms with Crippen LogP contribution in [0.25, 0.3) is 0 Å². The van der Waals surface area contributed by atoms with Crippen molar-refractivity contribution in [1.82, 2.24) is 19.3 Å². The van der Waals surface area contributed by atoms with Crippen molar-refractivity contribution >= 4 is 27.6 Å². The molecule has 0 aliphatic heterocycles. The second kappa shape index (κ2) is 8.27. The van der Waals surface area contributed by atoms with E-state index in [1.165, 1.54) is 10.4 Å². The summed E-state index contributed by atoms with van der Waals surface area (Å²) >= 11 is 0. The fraction of sp³-hybridized carbons (Fsp3) is 0.375. The normalized spacial score (nSPS) is 11.6. The predicted molar refractivity (Wildman–Crippen MR) is 96.9 cm³/mol. The highest BCUT2D eigenvalue weighted by Crippen LogP contribution is 2.23. The minimum absolute atomic E-state index is 0.123. The molecule has 0 saturated heterocycles. The van der Waals surface area contributed by atoms with Gasteiger partial charge in [0.15, 0.2) is 5.69 Å². The number of anilines is 1. The number of aryl methyl sites for hydroxylation is 1. The zero-order chi connectivity index (χ0) is 20.2. The molecule has 27 heavy (non-hydrogen) atoms. The van der Waals surface area contributed by atoms with Gasteiger partial charge in [0.05, 0.1) is 11.1 Å². The molecule has 1 heterocycles. The number of sulfonamides is 1. The number of nitrogens with zero attached hydrogens (tertiary/aromatic N) is 4. The summed E-state index contributed by atoms with van der Waals surface area (Å²) in [5, 5.41) is 18.4. The van der Waals surface area contributed by atoms with E-state index in [0.717, 1.165) is 10.9 Å². The molecule has 10 nitrogen and oxygen atoms in total. The van der Waals surface area contributed by atoms with Crippen LogP contribution in [0, 0.1) is 6.92 Å². The number of benzene rings is 1. The van der Waals surface area contributed by atoms with Crippen LogP contribution < -0.4 is 5.32 Å². The number of aromatic carboxylic acids is 1. The van der Waals surface area contributed by atoms with Crippen LogP contribution in [-0.2, 0) is 21.4 Å². The highest BCUT2D eigenvalue weighted by atomic mass is 32.2. The Labute approximate surface area is 156 Å². The summed E-state index contributed by atoms with van der Waals surface area (Å²) in [6.07, 6.45) is 1.13. The summed E-state index contributed by atoms with van der Waals surface area (Å²) in [5.41, 5.74) is 0.614. The Morgan fingerprint density at radius 3 is 2.48 bits per heavy atom. The summed E-state index contributed by atoms with van der Waals surface area (Å²) in [4.78, 5) is 23.1. The number of hydrogen-bond donors (Lipinski definition) is 2. The quantitative estimate of drug-likeness (QED) is 0.679. The van der Waals surface area contributed by atoms with E-state index in [2.05, 4.69) is 15.6 Å². The summed E-state index contributed by atoms with van der Waals surface area (Å²) in [5.74, 6) is -1.74. The number of aromatic nitrogens is 3. The summed E-state index contributed by atoms with van der Waals surface area (Å²) < 4.78 is 27.9. The Morgan fingerprint density at radius 1 is 1.26 bits per heavy atom. The number of carbonyl (C=O) groups is 2. The first-order valence-electron chi connectivity index (χ1n) is 8.23. The van der Waals surface area contributed by atoms with Gasteiger partial charge >= 0.3 is 5.97 Å². The van der Waals surface area contributed by atoms with Crippen LogP contribution in [0.1, 0.15) is 29.9 Å². The number of amides is 1. The van der Waals surface area contributed by atoms with Crippen molar-refractivity contribution in [3.05, 3.63) is 35.7 Å².